The summed E-state index contributed by atoms with van der Waals surface area (Å²) in [6, 6.07) is 0.644. The van der Waals surface area contributed by atoms with E-state index in [1.165, 1.54) is 38.5 Å². The van der Waals surface area contributed by atoms with Gasteiger partial charge in [0.15, 0.2) is 0 Å². The van der Waals surface area contributed by atoms with E-state index in [4.69, 9.17) is 9.47 Å². The van der Waals surface area contributed by atoms with Crippen LogP contribution in [0, 0.1) is 5.41 Å². The third kappa shape index (κ3) is 3.29. The predicted molar refractivity (Wildman–Crippen MR) is 84.6 cm³/mol. The Morgan fingerprint density at radius 1 is 1.29 bits per heavy atom. The summed E-state index contributed by atoms with van der Waals surface area (Å²) in [6.07, 6.45) is 8.90. The van der Waals surface area contributed by atoms with Gasteiger partial charge in [-0.3, -0.25) is 0 Å². The van der Waals surface area contributed by atoms with E-state index in [1.807, 2.05) is 0 Å². The molecule has 1 aliphatic heterocycles. The fourth-order valence-corrected chi connectivity index (χ4v) is 4.61. The summed E-state index contributed by atoms with van der Waals surface area (Å²) in [5.41, 5.74) is 0.425. The monoisotopic (exact) mass is 296 g/mol. The Morgan fingerprint density at radius 3 is 2.81 bits per heavy atom. The second kappa shape index (κ2) is 6.95. The van der Waals surface area contributed by atoms with Crippen LogP contribution in [0.1, 0.15) is 45.4 Å². The van der Waals surface area contributed by atoms with Gasteiger partial charge in [-0.05, 0) is 33.2 Å². The van der Waals surface area contributed by atoms with E-state index < -0.39 is 0 Å². The van der Waals surface area contributed by atoms with Crippen molar-refractivity contribution in [2.24, 2.45) is 5.41 Å². The molecule has 3 rings (SSSR count). The molecule has 4 heteroatoms. The van der Waals surface area contributed by atoms with Gasteiger partial charge < -0.3 is 19.7 Å². The van der Waals surface area contributed by atoms with Gasteiger partial charge in [0.1, 0.15) is 0 Å². The highest BCUT2D eigenvalue weighted by Crippen LogP contribution is 2.53. The van der Waals surface area contributed by atoms with Crippen LogP contribution in [0.3, 0.4) is 0 Å². The molecular formula is C17H32N2O2. The molecule has 4 nitrogen and oxygen atoms in total. The largest absolute Gasteiger partial charge is 0.378 e. The number of likely N-dealkylation sites (N-methyl/N-ethyl adjacent to an activating group) is 1. The molecule has 2 saturated carbocycles. The van der Waals surface area contributed by atoms with Crippen molar-refractivity contribution in [1.82, 2.24) is 10.2 Å². The molecule has 0 aromatic heterocycles. The van der Waals surface area contributed by atoms with Crippen LogP contribution in [0.25, 0.3) is 0 Å². The average molecular weight is 296 g/mol. The zero-order chi connectivity index (χ0) is 14.7. The van der Waals surface area contributed by atoms with Crippen molar-refractivity contribution in [3.63, 3.8) is 0 Å². The lowest BCUT2D eigenvalue weighted by Gasteiger charge is -2.58. The molecule has 0 aromatic carbocycles. The number of ether oxygens (including phenoxy) is 2. The van der Waals surface area contributed by atoms with Crippen LogP contribution in [0.15, 0.2) is 0 Å². The maximum Gasteiger partial charge on any atom is 0.0826 e. The van der Waals surface area contributed by atoms with Crippen molar-refractivity contribution in [3.05, 3.63) is 0 Å². The third-order valence-electron chi connectivity index (χ3n) is 5.87. The maximum absolute atomic E-state index is 6.03. The highest BCUT2D eigenvalue weighted by molar-refractivity contribution is 5.09. The van der Waals surface area contributed by atoms with Crippen LogP contribution in [-0.4, -0.2) is 63.0 Å². The summed E-state index contributed by atoms with van der Waals surface area (Å²) in [4.78, 5) is 2.37. The first-order valence-electron chi connectivity index (χ1n) is 8.90. The summed E-state index contributed by atoms with van der Waals surface area (Å²) in [7, 11) is 2.19. The maximum atomic E-state index is 6.03. The minimum absolute atomic E-state index is 0.357. The SMILES string of the molecule is CCOC1CC(NCC2CN(C)CCO2)C12CCCCC2. The zero-order valence-corrected chi connectivity index (χ0v) is 13.8. The van der Waals surface area contributed by atoms with E-state index in [9.17, 15) is 0 Å². The van der Waals surface area contributed by atoms with Gasteiger partial charge in [-0.25, -0.2) is 0 Å². The van der Waals surface area contributed by atoms with E-state index >= 15 is 0 Å². The fraction of sp³-hybridized carbons (Fsp3) is 1.00. The molecule has 2 aliphatic carbocycles. The molecule has 1 N–H and O–H groups in total. The molecule has 1 heterocycles. The first-order valence-corrected chi connectivity index (χ1v) is 8.90. The first-order chi connectivity index (χ1) is 10.2. The van der Waals surface area contributed by atoms with Crippen molar-refractivity contribution in [3.8, 4) is 0 Å². The van der Waals surface area contributed by atoms with Crippen LogP contribution < -0.4 is 5.32 Å². The van der Waals surface area contributed by atoms with Gasteiger partial charge in [-0.15, -0.1) is 0 Å². The summed E-state index contributed by atoms with van der Waals surface area (Å²) in [5, 5.41) is 3.83. The Labute approximate surface area is 129 Å². The van der Waals surface area contributed by atoms with Crippen LogP contribution in [0.2, 0.25) is 0 Å². The Balaban J connectivity index is 1.52. The molecule has 0 radical (unpaired) electrons. The molecule has 0 amide bonds. The summed E-state index contributed by atoms with van der Waals surface area (Å²) in [6.45, 7) is 6.98. The van der Waals surface area contributed by atoms with Crippen LogP contribution in [0.4, 0.5) is 0 Å². The standard InChI is InChI=1S/C17H32N2O2/c1-3-20-16-11-15(17(16)7-5-4-6-8-17)18-12-14-13-19(2)9-10-21-14/h14-16,18H,3-13H2,1-2H3. The van der Waals surface area contributed by atoms with Crippen molar-refractivity contribution < 1.29 is 9.47 Å². The van der Waals surface area contributed by atoms with Gasteiger partial charge >= 0.3 is 0 Å². The Morgan fingerprint density at radius 2 is 2.10 bits per heavy atom. The molecule has 3 fully saturated rings. The number of nitrogens with zero attached hydrogens (tertiary/aromatic N) is 1. The summed E-state index contributed by atoms with van der Waals surface area (Å²) >= 11 is 0. The van der Waals surface area contributed by atoms with Crippen molar-refractivity contribution >= 4 is 0 Å². The molecule has 1 spiro atoms. The molecule has 3 unspecified atom stereocenters. The minimum atomic E-state index is 0.357. The number of nitrogens with one attached hydrogen (secondary N) is 1. The average Bonchev–Trinajstić information content (AvgIpc) is 2.51. The number of rotatable bonds is 5. The smallest absolute Gasteiger partial charge is 0.0826 e. The van der Waals surface area contributed by atoms with Gasteiger partial charge in [-0.2, -0.15) is 0 Å². The Hall–Kier alpha value is -0.160. The number of hydrogen-bond donors (Lipinski definition) is 1. The van der Waals surface area contributed by atoms with Gasteiger partial charge in [-0.1, -0.05) is 19.3 Å². The second-order valence-corrected chi connectivity index (χ2v) is 7.19. The molecule has 0 aromatic rings. The number of hydrogen-bond acceptors (Lipinski definition) is 4. The van der Waals surface area contributed by atoms with Crippen LogP contribution in [-0.2, 0) is 9.47 Å². The van der Waals surface area contributed by atoms with Gasteiger partial charge in [0.25, 0.3) is 0 Å². The quantitative estimate of drug-likeness (QED) is 0.842. The van der Waals surface area contributed by atoms with Gasteiger partial charge in [0.05, 0.1) is 18.8 Å². The lowest BCUT2D eigenvalue weighted by Crippen LogP contribution is -2.65. The Bertz CT molecular complexity index is 331. The molecule has 21 heavy (non-hydrogen) atoms. The minimum Gasteiger partial charge on any atom is -0.378 e. The van der Waals surface area contributed by atoms with Crippen molar-refractivity contribution in [2.45, 2.75) is 63.7 Å². The molecule has 3 aliphatic rings. The molecule has 0 bridgehead atoms. The molecular weight excluding hydrogens is 264 g/mol. The van der Waals surface area contributed by atoms with E-state index in [-0.39, 0.29) is 0 Å². The van der Waals surface area contributed by atoms with E-state index in [0.29, 0.717) is 23.7 Å². The number of morpholine rings is 1. The highest BCUT2D eigenvalue weighted by atomic mass is 16.5. The van der Waals surface area contributed by atoms with Crippen LogP contribution >= 0.6 is 0 Å². The lowest BCUT2D eigenvalue weighted by atomic mass is 9.55. The third-order valence-corrected chi connectivity index (χ3v) is 5.87. The normalized spacial score (nSPS) is 36.6. The topological polar surface area (TPSA) is 33.7 Å². The van der Waals surface area contributed by atoms with E-state index in [2.05, 4.69) is 24.2 Å². The summed E-state index contributed by atoms with van der Waals surface area (Å²) < 4.78 is 11.9. The fourth-order valence-electron chi connectivity index (χ4n) is 4.61. The second-order valence-electron chi connectivity index (χ2n) is 7.19. The molecule has 122 valence electrons. The van der Waals surface area contributed by atoms with E-state index in [1.54, 1.807) is 0 Å². The molecule has 3 atom stereocenters. The van der Waals surface area contributed by atoms with Crippen molar-refractivity contribution in [2.75, 3.05) is 39.9 Å². The Kier molecular flexibility index (Phi) is 5.20. The van der Waals surface area contributed by atoms with Crippen LogP contribution in [0.5, 0.6) is 0 Å². The highest BCUT2D eigenvalue weighted by Gasteiger charge is 2.55. The predicted octanol–water partition coefficient (Wildman–Crippen LogP) is 2.03. The van der Waals surface area contributed by atoms with Crippen molar-refractivity contribution in [1.29, 1.82) is 0 Å². The van der Waals surface area contributed by atoms with Gasteiger partial charge in [0, 0.05) is 37.7 Å². The van der Waals surface area contributed by atoms with Gasteiger partial charge in [0.2, 0.25) is 0 Å². The lowest BCUT2D eigenvalue weighted by molar-refractivity contribution is -0.152. The first kappa shape index (κ1) is 15.7. The zero-order valence-electron chi connectivity index (χ0n) is 13.8. The van der Waals surface area contributed by atoms with E-state index in [0.717, 1.165) is 32.8 Å². The molecule has 1 saturated heterocycles. The summed E-state index contributed by atoms with van der Waals surface area (Å²) in [5.74, 6) is 0.